The van der Waals surface area contributed by atoms with Crippen LogP contribution in [-0.2, 0) is 14.8 Å². The topological polar surface area (TPSA) is 131 Å². The first-order valence-corrected chi connectivity index (χ1v) is 10.2. The fourth-order valence-corrected chi connectivity index (χ4v) is 4.13. The van der Waals surface area contributed by atoms with Crippen LogP contribution in [0.1, 0.15) is 33.6 Å². The second kappa shape index (κ2) is 8.10. The van der Waals surface area contributed by atoms with E-state index in [1.807, 2.05) is 0 Å². The van der Waals surface area contributed by atoms with E-state index < -0.39 is 27.6 Å². The molecule has 0 unspecified atom stereocenters. The van der Waals surface area contributed by atoms with Crippen LogP contribution in [0.2, 0.25) is 0 Å². The Labute approximate surface area is 167 Å². The van der Waals surface area contributed by atoms with E-state index in [9.17, 15) is 23.1 Å². The van der Waals surface area contributed by atoms with Gasteiger partial charge in [-0.3, -0.25) is 4.79 Å². The highest BCUT2D eigenvalue weighted by Crippen LogP contribution is 2.30. The number of benzene rings is 2. The number of phenolic OH excluding ortho intramolecular Hbond substituents is 1. The summed E-state index contributed by atoms with van der Waals surface area (Å²) in [5.74, 6) is -1.79. The number of amides is 1. The number of carbonyl (C=O) groups is 2. The molecule has 0 saturated heterocycles. The van der Waals surface area contributed by atoms with Gasteiger partial charge in [-0.25, -0.2) is 17.9 Å². The molecule has 1 saturated carbocycles. The molecule has 3 rings (SSSR count). The van der Waals surface area contributed by atoms with E-state index in [1.54, 1.807) is 0 Å². The lowest BCUT2D eigenvalue weighted by molar-refractivity contribution is 0.0597. The second-order valence-corrected chi connectivity index (χ2v) is 8.09. The molecule has 9 nitrogen and oxygen atoms in total. The quantitative estimate of drug-likeness (QED) is 0.460. The third-order valence-corrected chi connectivity index (χ3v) is 5.85. The van der Waals surface area contributed by atoms with Gasteiger partial charge in [0.1, 0.15) is 16.2 Å². The van der Waals surface area contributed by atoms with E-state index in [-0.39, 0.29) is 33.5 Å². The summed E-state index contributed by atoms with van der Waals surface area (Å²) in [5.41, 5.74) is -0.101. The normalized spacial score (nSPS) is 13.6. The first kappa shape index (κ1) is 20.6. The zero-order valence-corrected chi connectivity index (χ0v) is 16.6. The molecule has 154 valence electrons. The van der Waals surface area contributed by atoms with Crippen molar-refractivity contribution in [2.45, 2.75) is 23.8 Å². The van der Waals surface area contributed by atoms with Gasteiger partial charge in [0.2, 0.25) is 10.0 Å². The maximum Gasteiger partial charge on any atom is 0.341 e. The van der Waals surface area contributed by atoms with E-state index in [1.165, 1.54) is 50.6 Å². The molecule has 0 aliphatic heterocycles. The average Bonchev–Trinajstić information content (AvgIpc) is 3.51. The third kappa shape index (κ3) is 4.49. The zero-order chi connectivity index (χ0) is 21.2. The SMILES string of the molecule is COC(=O)c1cccc(NC(=O)c2ccc(OC)c(S(=O)(=O)NC3CC3)c2)c1O. The molecule has 0 heterocycles. The molecule has 2 aromatic rings. The number of phenols is 1. The monoisotopic (exact) mass is 420 g/mol. The largest absolute Gasteiger partial charge is 0.505 e. The number of anilines is 1. The van der Waals surface area contributed by atoms with Crippen molar-refractivity contribution in [3.8, 4) is 11.5 Å². The predicted octanol–water partition coefficient (Wildman–Crippen LogP) is 1.88. The zero-order valence-electron chi connectivity index (χ0n) is 15.8. The van der Waals surface area contributed by atoms with Gasteiger partial charge in [0, 0.05) is 11.6 Å². The minimum atomic E-state index is -3.86. The Bertz CT molecular complexity index is 1060. The number of sulfonamides is 1. The lowest BCUT2D eigenvalue weighted by Crippen LogP contribution is -2.26. The standard InChI is InChI=1S/C19H20N2O7S/c1-27-15-9-6-11(10-16(15)29(25,26)21-12-7-8-12)18(23)20-14-5-3-4-13(17(14)22)19(24)28-2/h3-6,9-10,12,21-22H,7-8H2,1-2H3,(H,20,23). The summed E-state index contributed by atoms with van der Waals surface area (Å²) in [7, 11) is -1.36. The number of nitrogens with one attached hydrogen (secondary N) is 2. The fourth-order valence-electron chi connectivity index (χ4n) is 2.63. The van der Waals surface area contributed by atoms with E-state index in [2.05, 4.69) is 14.8 Å². The van der Waals surface area contributed by atoms with Crippen molar-refractivity contribution in [2.75, 3.05) is 19.5 Å². The molecular formula is C19H20N2O7S. The molecule has 0 bridgehead atoms. The molecule has 0 radical (unpaired) electrons. The Morgan fingerprint density at radius 2 is 1.86 bits per heavy atom. The molecule has 2 aromatic carbocycles. The van der Waals surface area contributed by atoms with Gasteiger partial charge < -0.3 is 19.9 Å². The number of rotatable bonds is 7. The minimum absolute atomic E-state index is 0.0192. The Morgan fingerprint density at radius 1 is 1.14 bits per heavy atom. The molecular weight excluding hydrogens is 400 g/mol. The van der Waals surface area contributed by atoms with Crippen molar-refractivity contribution in [2.24, 2.45) is 0 Å². The maximum absolute atomic E-state index is 12.6. The van der Waals surface area contributed by atoms with Crippen molar-refractivity contribution in [3.05, 3.63) is 47.5 Å². The molecule has 0 atom stereocenters. The van der Waals surface area contributed by atoms with Crippen LogP contribution in [0, 0.1) is 0 Å². The van der Waals surface area contributed by atoms with Crippen LogP contribution in [-0.4, -0.2) is 45.7 Å². The van der Waals surface area contributed by atoms with E-state index in [0.717, 1.165) is 12.8 Å². The number of hydrogen-bond donors (Lipinski definition) is 3. The van der Waals surface area contributed by atoms with Gasteiger partial charge >= 0.3 is 5.97 Å². The number of carbonyl (C=O) groups excluding carboxylic acids is 2. The number of hydrogen-bond acceptors (Lipinski definition) is 7. The molecule has 1 aliphatic carbocycles. The van der Waals surface area contributed by atoms with Crippen LogP contribution >= 0.6 is 0 Å². The summed E-state index contributed by atoms with van der Waals surface area (Å²) >= 11 is 0. The molecule has 0 aromatic heterocycles. The van der Waals surface area contributed by atoms with Gasteiger partial charge in [-0.05, 0) is 43.2 Å². The van der Waals surface area contributed by atoms with Gasteiger partial charge in [0.15, 0.2) is 5.75 Å². The number of aromatic hydroxyl groups is 1. The average molecular weight is 420 g/mol. The molecule has 1 aliphatic rings. The third-order valence-electron chi connectivity index (χ3n) is 4.30. The van der Waals surface area contributed by atoms with Crippen molar-refractivity contribution in [3.63, 3.8) is 0 Å². The maximum atomic E-state index is 12.6. The predicted molar refractivity (Wildman–Crippen MR) is 104 cm³/mol. The Balaban J connectivity index is 1.90. The van der Waals surface area contributed by atoms with Crippen LogP contribution in [0.3, 0.4) is 0 Å². The van der Waals surface area contributed by atoms with Gasteiger partial charge in [0.05, 0.1) is 19.9 Å². The fraction of sp³-hybridized carbons (Fsp3) is 0.263. The van der Waals surface area contributed by atoms with Crippen molar-refractivity contribution in [1.29, 1.82) is 0 Å². The van der Waals surface area contributed by atoms with E-state index in [4.69, 9.17) is 4.74 Å². The van der Waals surface area contributed by atoms with Gasteiger partial charge in [-0.2, -0.15) is 0 Å². The first-order chi connectivity index (χ1) is 13.8. The Kier molecular flexibility index (Phi) is 5.76. The lowest BCUT2D eigenvalue weighted by Gasteiger charge is -2.13. The molecule has 3 N–H and O–H groups in total. The van der Waals surface area contributed by atoms with E-state index in [0.29, 0.717) is 0 Å². The number of methoxy groups -OCH3 is 2. The minimum Gasteiger partial charge on any atom is -0.505 e. The van der Waals surface area contributed by atoms with E-state index >= 15 is 0 Å². The highest BCUT2D eigenvalue weighted by molar-refractivity contribution is 7.89. The molecule has 10 heteroatoms. The molecule has 29 heavy (non-hydrogen) atoms. The summed E-state index contributed by atoms with van der Waals surface area (Å²) in [6, 6.07) is 8.06. The van der Waals surface area contributed by atoms with Gasteiger partial charge in [-0.15, -0.1) is 0 Å². The van der Waals surface area contributed by atoms with Crippen molar-refractivity contribution < 1.29 is 32.6 Å². The number of ether oxygens (including phenoxy) is 2. The van der Waals surface area contributed by atoms with Crippen molar-refractivity contribution in [1.82, 2.24) is 4.72 Å². The Morgan fingerprint density at radius 3 is 2.48 bits per heavy atom. The van der Waals surface area contributed by atoms with Crippen LogP contribution in [0.25, 0.3) is 0 Å². The van der Waals surface area contributed by atoms with Crippen LogP contribution in [0.4, 0.5) is 5.69 Å². The first-order valence-electron chi connectivity index (χ1n) is 8.69. The summed E-state index contributed by atoms with van der Waals surface area (Å²) < 4.78 is 37.4. The smallest absolute Gasteiger partial charge is 0.341 e. The van der Waals surface area contributed by atoms with Crippen LogP contribution in [0.5, 0.6) is 11.5 Å². The van der Waals surface area contributed by atoms with Crippen LogP contribution < -0.4 is 14.8 Å². The number of esters is 1. The summed E-state index contributed by atoms with van der Waals surface area (Å²) in [6.45, 7) is 0. The number of para-hydroxylation sites is 1. The molecule has 0 spiro atoms. The molecule has 1 fully saturated rings. The van der Waals surface area contributed by atoms with Crippen LogP contribution in [0.15, 0.2) is 41.3 Å². The second-order valence-electron chi connectivity index (χ2n) is 6.41. The Hall–Kier alpha value is -3.11. The molecule has 1 amide bonds. The van der Waals surface area contributed by atoms with Gasteiger partial charge in [0.25, 0.3) is 5.91 Å². The lowest BCUT2D eigenvalue weighted by atomic mass is 10.1. The summed E-state index contributed by atoms with van der Waals surface area (Å²) in [4.78, 5) is 24.2. The van der Waals surface area contributed by atoms with Crippen molar-refractivity contribution >= 4 is 27.6 Å². The highest BCUT2D eigenvalue weighted by atomic mass is 32.2. The summed E-state index contributed by atoms with van der Waals surface area (Å²) in [6.07, 6.45) is 1.52. The summed E-state index contributed by atoms with van der Waals surface area (Å²) in [5, 5.41) is 12.7. The van der Waals surface area contributed by atoms with Gasteiger partial charge in [-0.1, -0.05) is 6.07 Å². The highest BCUT2D eigenvalue weighted by Gasteiger charge is 2.30.